The molecule has 4 aromatic carbocycles. The van der Waals surface area contributed by atoms with Crippen molar-refractivity contribution in [1.82, 2.24) is 9.97 Å². The molecule has 0 saturated heterocycles. The van der Waals surface area contributed by atoms with Crippen molar-refractivity contribution in [3.8, 4) is 33.6 Å². The molecule has 233 valence electrons. The first-order valence-electron chi connectivity index (χ1n) is 15.5. The maximum Gasteiger partial charge on any atom is 0.123 e. The van der Waals surface area contributed by atoms with E-state index >= 15 is 0 Å². The Morgan fingerprint density at radius 2 is 1.52 bits per heavy atom. The summed E-state index contributed by atoms with van der Waals surface area (Å²) >= 11 is 0. The molecule has 0 spiro atoms. The Morgan fingerprint density at radius 3 is 2.20 bits per heavy atom. The van der Waals surface area contributed by atoms with Gasteiger partial charge in [-0.2, -0.15) is 0 Å². The zero-order chi connectivity index (χ0) is 32.5. The van der Waals surface area contributed by atoms with Gasteiger partial charge in [-0.15, -0.1) is 47.5 Å². The molecule has 0 unspecified atom stereocenters. The van der Waals surface area contributed by atoms with Gasteiger partial charge in [0.25, 0.3) is 0 Å². The van der Waals surface area contributed by atoms with Crippen molar-refractivity contribution >= 4 is 35.2 Å². The number of pyridine rings is 2. The van der Waals surface area contributed by atoms with Crippen molar-refractivity contribution in [2.75, 3.05) is 0 Å². The number of halogens is 1. The molecule has 0 N–H and O–H groups in total. The first-order chi connectivity index (χ1) is 22.0. The van der Waals surface area contributed by atoms with Crippen molar-refractivity contribution in [3.05, 3.63) is 139 Å². The van der Waals surface area contributed by atoms with Gasteiger partial charge in [0.1, 0.15) is 5.58 Å². The third-order valence-electron chi connectivity index (χ3n) is 7.80. The second kappa shape index (κ2) is 14.0. The van der Waals surface area contributed by atoms with Gasteiger partial charge < -0.3 is 14.4 Å². The van der Waals surface area contributed by atoms with Gasteiger partial charge in [0.05, 0.1) is 13.7 Å². The summed E-state index contributed by atoms with van der Waals surface area (Å²) in [5.74, 6) is -0.942. The van der Waals surface area contributed by atoms with E-state index < -0.39 is 14.0 Å². The fraction of sp³-hybridized carbons (Fsp3) is 0.150. The zero-order valence-electron chi connectivity index (χ0n) is 27.5. The molecule has 3 heterocycles. The minimum Gasteiger partial charge on any atom is -0.476 e. The standard InChI is InChI=1S/C26H20NO.C14H15FNSi.Ir/c1-17(2)19-12-13-27-24(15-19)21-8-10-22-23-14-20(18-6-4-3-5-7-18)9-11-25(23)28-26(22)16-21;1-17(2,3)13-8-9-14(16-10-13)11-4-6-12(15)7-5-11;/h3-7,9-17H,1-2H3;4,6-10H,1-3H3;/q2*-1;/i17D;;. The quantitative estimate of drug-likeness (QED) is 0.129. The summed E-state index contributed by atoms with van der Waals surface area (Å²) in [5, 5.41) is 3.44. The molecule has 0 amide bonds. The maximum atomic E-state index is 12.8. The molecule has 7 aromatic rings. The van der Waals surface area contributed by atoms with Gasteiger partial charge in [-0.25, -0.2) is 0 Å². The zero-order valence-corrected chi connectivity index (χ0v) is 29.9. The third kappa shape index (κ3) is 7.42. The summed E-state index contributed by atoms with van der Waals surface area (Å²) in [6.07, 6.45) is 3.68. The molecule has 0 atom stereocenters. The van der Waals surface area contributed by atoms with Crippen molar-refractivity contribution in [1.29, 1.82) is 0 Å². The van der Waals surface area contributed by atoms with E-state index in [9.17, 15) is 4.39 Å². The van der Waals surface area contributed by atoms with Gasteiger partial charge in [0, 0.05) is 39.7 Å². The molecule has 0 saturated carbocycles. The van der Waals surface area contributed by atoms with Gasteiger partial charge in [-0.3, -0.25) is 4.39 Å². The molecule has 3 aromatic heterocycles. The number of furan rings is 1. The van der Waals surface area contributed by atoms with Gasteiger partial charge in [0.2, 0.25) is 0 Å². The van der Waals surface area contributed by atoms with Crippen LogP contribution in [0.2, 0.25) is 19.6 Å². The Labute approximate surface area is 286 Å². The Balaban J connectivity index is 0.000000207. The van der Waals surface area contributed by atoms with Crippen LogP contribution in [0.25, 0.3) is 55.6 Å². The van der Waals surface area contributed by atoms with Crippen LogP contribution in [-0.2, 0) is 20.1 Å². The van der Waals surface area contributed by atoms with Crippen LogP contribution in [0.5, 0.6) is 0 Å². The number of hydrogen-bond donors (Lipinski definition) is 0. The van der Waals surface area contributed by atoms with Crippen molar-refractivity contribution in [2.24, 2.45) is 0 Å². The number of rotatable bonds is 5. The first-order valence-corrected chi connectivity index (χ1v) is 18.5. The molecule has 0 aliphatic heterocycles. The van der Waals surface area contributed by atoms with E-state index in [1.54, 1.807) is 12.3 Å². The average Bonchev–Trinajstić information content (AvgIpc) is 3.42. The van der Waals surface area contributed by atoms with E-state index in [1.165, 1.54) is 22.9 Å². The molecule has 0 aliphatic rings. The number of benzene rings is 4. The monoisotopic (exact) mass is 800 g/mol. The largest absolute Gasteiger partial charge is 0.476 e. The van der Waals surface area contributed by atoms with E-state index in [0.29, 0.717) is 0 Å². The predicted molar refractivity (Wildman–Crippen MR) is 187 cm³/mol. The van der Waals surface area contributed by atoms with Crippen LogP contribution in [0, 0.1) is 17.9 Å². The van der Waals surface area contributed by atoms with E-state index in [0.717, 1.165) is 55.6 Å². The smallest absolute Gasteiger partial charge is 0.123 e. The van der Waals surface area contributed by atoms with Crippen LogP contribution < -0.4 is 5.19 Å². The molecule has 3 nitrogen and oxygen atoms in total. The van der Waals surface area contributed by atoms with Gasteiger partial charge in [0.15, 0.2) is 0 Å². The summed E-state index contributed by atoms with van der Waals surface area (Å²) < 4.78 is 27.2. The SMILES string of the molecule is C[Si](C)(C)c1ccc(-c2[c-]cc(F)cc2)nc1.[2H]C(C)(C)c1ccnc(-c2[c-]cc3c(c2)oc2ccc(-c4ccccc4)cc23)c1.[Ir]. The molecule has 7 rings (SSSR count). The summed E-state index contributed by atoms with van der Waals surface area (Å²) in [5.41, 5.74) is 8.28. The fourth-order valence-corrected chi connectivity index (χ4v) is 6.16. The summed E-state index contributed by atoms with van der Waals surface area (Å²) in [7, 11) is -1.30. The Bertz CT molecular complexity index is 2120. The molecular formula is C40H35FIrN2OSi-2. The number of fused-ring (bicyclic) bond motifs is 3. The van der Waals surface area contributed by atoms with Gasteiger partial charge in [-0.05, 0) is 51.1 Å². The van der Waals surface area contributed by atoms with Crippen molar-refractivity contribution in [2.45, 2.75) is 39.4 Å². The van der Waals surface area contributed by atoms with E-state index in [-0.39, 0.29) is 25.9 Å². The molecule has 0 fully saturated rings. The molecule has 1 radical (unpaired) electrons. The van der Waals surface area contributed by atoms with Crippen LogP contribution in [-0.4, -0.2) is 18.0 Å². The fourth-order valence-electron chi connectivity index (χ4n) is 5.12. The van der Waals surface area contributed by atoms with Crippen LogP contribution >= 0.6 is 0 Å². The van der Waals surface area contributed by atoms with E-state index in [2.05, 4.69) is 72.1 Å². The predicted octanol–water partition coefficient (Wildman–Crippen LogP) is 10.5. The average molecular weight is 800 g/mol. The van der Waals surface area contributed by atoms with Crippen LogP contribution in [0.4, 0.5) is 4.39 Å². The van der Waals surface area contributed by atoms with Crippen molar-refractivity contribution < 1.29 is 30.3 Å². The molecule has 6 heteroatoms. The normalized spacial score (nSPS) is 11.8. The molecule has 46 heavy (non-hydrogen) atoms. The Hall–Kier alpha value is -4.22. The molecule has 0 bridgehead atoms. The van der Waals surface area contributed by atoms with Crippen LogP contribution in [0.3, 0.4) is 0 Å². The number of nitrogens with zero attached hydrogens (tertiary/aromatic N) is 2. The Morgan fingerprint density at radius 1 is 0.739 bits per heavy atom. The first kappa shape index (κ1) is 31.7. The van der Waals surface area contributed by atoms with Crippen LogP contribution in [0.1, 0.15) is 26.7 Å². The van der Waals surface area contributed by atoms with Gasteiger partial charge in [-0.1, -0.05) is 111 Å². The van der Waals surface area contributed by atoms with Crippen molar-refractivity contribution in [3.63, 3.8) is 0 Å². The summed E-state index contributed by atoms with van der Waals surface area (Å²) in [6.45, 7) is 10.6. The molecular weight excluding hydrogens is 764 g/mol. The second-order valence-corrected chi connectivity index (χ2v) is 17.4. The maximum absolute atomic E-state index is 12.8. The van der Waals surface area contributed by atoms with Crippen LogP contribution in [0.15, 0.2) is 120 Å². The minimum atomic E-state index is -1.30. The van der Waals surface area contributed by atoms with Gasteiger partial charge >= 0.3 is 0 Å². The number of aromatic nitrogens is 2. The third-order valence-corrected chi connectivity index (χ3v) is 9.83. The molecule has 0 aliphatic carbocycles. The minimum absolute atomic E-state index is 0. The summed E-state index contributed by atoms with van der Waals surface area (Å²) in [6, 6.07) is 39.3. The topological polar surface area (TPSA) is 38.9 Å². The number of hydrogen-bond acceptors (Lipinski definition) is 3. The Kier molecular flexibility index (Phi) is 9.69. The van der Waals surface area contributed by atoms with E-state index in [1.807, 2.05) is 74.6 Å². The second-order valence-electron chi connectivity index (χ2n) is 12.3. The summed E-state index contributed by atoms with van der Waals surface area (Å²) in [4.78, 5) is 8.91. The van der Waals surface area contributed by atoms with E-state index in [4.69, 9.17) is 5.79 Å².